The third kappa shape index (κ3) is 3.25. The molecule has 0 spiro atoms. The van der Waals surface area contributed by atoms with Crippen LogP contribution in [0.4, 0.5) is 5.13 Å². The largest absolute Gasteiger partial charge is 0.378 e. The Kier molecular flexibility index (Phi) is 4.44. The lowest BCUT2D eigenvalue weighted by atomic mass is 10.2. The number of aromatic nitrogens is 1. The highest BCUT2D eigenvalue weighted by molar-refractivity contribution is 7.91. The maximum absolute atomic E-state index is 11.5. The average molecular weight is 305 g/mol. The van der Waals surface area contributed by atoms with E-state index >= 15 is 0 Å². The van der Waals surface area contributed by atoms with Gasteiger partial charge in [-0.05, 0) is 6.42 Å². The highest BCUT2D eigenvalue weighted by Gasteiger charge is 2.32. The van der Waals surface area contributed by atoms with E-state index in [9.17, 15) is 8.42 Å². The van der Waals surface area contributed by atoms with E-state index in [4.69, 9.17) is 10.5 Å². The summed E-state index contributed by atoms with van der Waals surface area (Å²) in [5.74, 6) is 0.475. The molecule has 0 aromatic carbocycles. The number of nitrogens with zero attached hydrogens (tertiary/aromatic N) is 2. The number of sulfone groups is 1. The highest BCUT2D eigenvalue weighted by atomic mass is 32.2. The van der Waals surface area contributed by atoms with E-state index in [1.807, 2.05) is 11.9 Å². The third-order valence-electron chi connectivity index (χ3n) is 3.29. The van der Waals surface area contributed by atoms with Crippen LogP contribution in [0.2, 0.25) is 0 Å². The Balaban J connectivity index is 2.17. The lowest BCUT2D eigenvalue weighted by Gasteiger charge is -2.22. The van der Waals surface area contributed by atoms with Crippen molar-refractivity contribution in [3.05, 3.63) is 10.6 Å². The Labute approximate surface area is 117 Å². The second kappa shape index (κ2) is 5.74. The van der Waals surface area contributed by atoms with Gasteiger partial charge in [-0.15, -0.1) is 11.3 Å². The zero-order valence-corrected chi connectivity index (χ0v) is 12.8. The topological polar surface area (TPSA) is 85.5 Å². The van der Waals surface area contributed by atoms with Crippen LogP contribution in [-0.4, -0.2) is 45.1 Å². The van der Waals surface area contributed by atoms with Crippen LogP contribution >= 0.6 is 11.3 Å². The van der Waals surface area contributed by atoms with E-state index in [-0.39, 0.29) is 17.5 Å². The van der Waals surface area contributed by atoms with Crippen molar-refractivity contribution < 1.29 is 13.2 Å². The van der Waals surface area contributed by atoms with Crippen molar-refractivity contribution in [1.82, 2.24) is 4.98 Å². The van der Waals surface area contributed by atoms with Gasteiger partial charge in [-0.25, -0.2) is 13.4 Å². The van der Waals surface area contributed by atoms with Crippen molar-refractivity contribution in [2.45, 2.75) is 25.6 Å². The molecule has 0 amide bonds. The molecule has 2 heterocycles. The molecule has 1 atom stereocenters. The number of hydrogen-bond donors (Lipinski definition) is 1. The molecule has 6 nitrogen and oxygen atoms in total. The van der Waals surface area contributed by atoms with Crippen molar-refractivity contribution >= 4 is 26.3 Å². The van der Waals surface area contributed by atoms with Crippen LogP contribution in [0.25, 0.3) is 0 Å². The van der Waals surface area contributed by atoms with Gasteiger partial charge in [0.05, 0.1) is 23.8 Å². The summed E-state index contributed by atoms with van der Waals surface area (Å²) in [7, 11) is 0.626. The number of nitrogens with two attached hydrogens (primary N) is 1. The minimum absolute atomic E-state index is 0.0113. The summed E-state index contributed by atoms with van der Waals surface area (Å²) < 4.78 is 28.1. The van der Waals surface area contributed by atoms with Gasteiger partial charge in [0.15, 0.2) is 15.0 Å². The number of ether oxygens (including phenoxy) is 1. The van der Waals surface area contributed by atoms with Crippen LogP contribution in [0.3, 0.4) is 0 Å². The van der Waals surface area contributed by atoms with Gasteiger partial charge in [-0.2, -0.15) is 0 Å². The van der Waals surface area contributed by atoms with E-state index in [0.29, 0.717) is 19.6 Å². The van der Waals surface area contributed by atoms with Gasteiger partial charge in [-0.1, -0.05) is 0 Å². The molecular weight excluding hydrogens is 286 g/mol. The number of thiazole rings is 1. The van der Waals surface area contributed by atoms with Crippen molar-refractivity contribution in [1.29, 1.82) is 0 Å². The summed E-state index contributed by atoms with van der Waals surface area (Å²) in [6.45, 7) is 0.854. The predicted octanol–water partition coefficient (Wildman–Crippen LogP) is 0.372. The Morgan fingerprint density at radius 3 is 2.84 bits per heavy atom. The molecule has 8 heteroatoms. The SMILES string of the molecule is COCc1nc(N(C)C2CCS(=O)(=O)C2)sc1CN. The van der Waals surface area contributed by atoms with E-state index in [2.05, 4.69) is 4.98 Å². The fourth-order valence-electron chi connectivity index (χ4n) is 2.17. The quantitative estimate of drug-likeness (QED) is 0.846. The molecule has 0 radical (unpaired) electrons. The molecule has 1 aromatic heterocycles. The average Bonchev–Trinajstić information content (AvgIpc) is 2.92. The molecule has 2 rings (SSSR count). The summed E-state index contributed by atoms with van der Waals surface area (Å²) >= 11 is 1.51. The molecule has 108 valence electrons. The second-order valence-electron chi connectivity index (χ2n) is 4.67. The monoisotopic (exact) mass is 305 g/mol. The Morgan fingerprint density at radius 2 is 2.32 bits per heavy atom. The summed E-state index contributed by atoms with van der Waals surface area (Å²) in [6, 6.07) is 0.0113. The first kappa shape index (κ1) is 14.7. The minimum atomic E-state index is -2.88. The van der Waals surface area contributed by atoms with Gasteiger partial charge in [-0.3, -0.25) is 0 Å². The lowest BCUT2D eigenvalue weighted by molar-refractivity contribution is 0.181. The molecule has 1 aliphatic rings. The standard InChI is InChI=1S/C11H19N3O3S2/c1-14(8-3-4-19(15,16)7-8)11-13-9(6-17-2)10(5-12)18-11/h8H,3-7,12H2,1-2H3. The molecule has 1 saturated heterocycles. The van der Waals surface area contributed by atoms with Crippen LogP contribution in [0, 0.1) is 0 Å². The number of methoxy groups -OCH3 is 1. The van der Waals surface area contributed by atoms with Gasteiger partial charge in [0.25, 0.3) is 0 Å². The Hall–Kier alpha value is -0.700. The molecule has 1 aliphatic heterocycles. The maximum Gasteiger partial charge on any atom is 0.185 e. The molecular formula is C11H19N3O3S2. The molecule has 0 saturated carbocycles. The molecule has 2 N–H and O–H groups in total. The second-order valence-corrected chi connectivity index (χ2v) is 7.96. The molecule has 1 aromatic rings. The highest BCUT2D eigenvalue weighted by Crippen LogP contribution is 2.29. The lowest BCUT2D eigenvalue weighted by Crippen LogP contribution is -2.32. The van der Waals surface area contributed by atoms with Crippen LogP contribution in [0.5, 0.6) is 0 Å². The summed E-state index contributed by atoms with van der Waals surface area (Å²) in [4.78, 5) is 7.45. The molecule has 0 aliphatic carbocycles. The Morgan fingerprint density at radius 1 is 1.58 bits per heavy atom. The third-order valence-corrected chi connectivity index (χ3v) is 6.25. The number of anilines is 1. The zero-order chi connectivity index (χ0) is 14.0. The molecule has 1 unspecified atom stereocenters. The maximum atomic E-state index is 11.5. The van der Waals surface area contributed by atoms with Crippen molar-refractivity contribution in [3.63, 3.8) is 0 Å². The van der Waals surface area contributed by atoms with Gasteiger partial charge in [0.2, 0.25) is 0 Å². The summed E-state index contributed by atoms with van der Waals surface area (Å²) in [5, 5.41) is 0.814. The first-order valence-corrected chi connectivity index (χ1v) is 8.71. The van der Waals surface area contributed by atoms with Crippen molar-refractivity contribution in [3.8, 4) is 0 Å². The van der Waals surface area contributed by atoms with Crippen LogP contribution in [0.1, 0.15) is 17.0 Å². The zero-order valence-electron chi connectivity index (χ0n) is 11.1. The first-order chi connectivity index (χ1) is 8.96. The minimum Gasteiger partial charge on any atom is -0.378 e. The summed E-state index contributed by atoms with van der Waals surface area (Å²) in [6.07, 6.45) is 0.663. The van der Waals surface area contributed by atoms with Crippen LogP contribution in [0.15, 0.2) is 0 Å². The normalized spacial score (nSPS) is 21.7. The van der Waals surface area contributed by atoms with Gasteiger partial charge in [0.1, 0.15) is 0 Å². The van der Waals surface area contributed by atoms with Gasteiger partial charge in [0, 0.05) is 31.6 Å². The smallest absolute Gasteiger partial charge is 0.185 e. The Bertz CT molecular complexity index is 541. The predicted molar refractivity (Wildman–Crippen MR) is 76.2 cm³/mol. The number of hydrogen-bond acceptors (Lipinski definition) is 7. The number of rotatable bonds is 5. The van der Waals surface area contributed by atoms with Crippen molar-refractivity contribution in [2.75, 3.05) is 30.6 Å². The first-order valence-electron chi connectivity index (χ1n) is 6.07. The molecule has 0 bridgehead atoms. The van der Waals surface area contributed by atoms with E-state index < -0.39 is 9.84 Å². The van der Waals surface area contributed by atoms with Gasteiger partial charge < -0.3 is 15.4 Å². The summed E-state index contributed by atoms with van der Waals surface area (Å²) in [5.41, 5.74) is 6.54. The molecule has 1 fully saturated rings. The van der Waals surface area contributed by atoms with E-state index in [1.165, 1.54) is 11.3 Å². The van der Waals surface area contributed by atoms with Crippen LogP contribution < -0.4 is 10.6 Å². The van der Waals surface area contributed by atoms with Gasteiger partial charge >= 0.3 is 0 Å². The fourth-order valence-corrected chi connectivity index (χ4v) is 4.92. The van der Waals surface area contributed by atoms with E-state index in [0.717, 1.165) is 15.7 Å². The van der Waals surface area contributed by atoms with E-state index in [1.54, 1.807) is 7.11 Å². The fraction of sp³-hybridized carbons (Fsp3) is 0.727. The van der Waals surface area contributed by atoms with Crippen molar-refractivity contribution in [2.24, 2.45) is 5.73 Å². The molecule has 19 heavy (non-hydrogen) atoms. The van der Waals surface area contributed by atoms with Crippen LogP contribution in [-0.2, 0) is 27.7 Å².